The molecule has 1 N–H and O–H groups in total. The Morgan fingerprint density at radius 2 is 1.79 bits per heavy atom. The molecule has 4 aromatic rings. The van der Waals surface area contributed by atoms with Gasteiger partial charge in [0.1, 0.15) is 5.69 Å². The van der Waals surface area contributed by atoms with Gasteiger partial charge in [-0.25, -0.2) is 19.6 Å². The van der Waals surface area contributed by atoms with E-state index in [1.54, 1.807) is 42.5 Å². The molecule has 0 unspecified atom stereocenters. The van der Waals surface area contributed by atoms with Gasteiger partial charge in [0.05, 0.1) is 42.0 Å². The van der Waals surface area contributed by atoms with E-state index in [0.29, 0.717) is 28.5 Å². The summed E-state index contributed by atoms with van der Waals surface area (Å²) in [5.41, 5.74) is 2.71. The van der Waals surface area contributed by atoms with Gasteiger partial charge in [-0.3, -0.25) is 4.79 Å². The first kappa shape index (κ1) is 18.0. The van der Waals surface area contributed by atoms with E-state index >= 15 is 0 Å². The number of nitrogens with zero attached hydrogens (tertiary/aromatic N) is 6. The Morgan fingerprint density at radius 1 is 1.00 bits per heavy atom. The molecule has 140 valence electrons. The molecule has 0 fully saturated rings. The van der Waals surface area contributed by atoms with Crippen LogP contribution in [0.1, 0.15) is 11.3 Å². The zero-order valence-corrected chi connectivity index (χ0v) is 15.1. The fourth-order valence-electron chi connectivity index (χ4n) is 2.76. The summed E-state index contributed by atoms with van der Waals surface area (Å²) in [7, 11) is 0. The molecule has 4 rings (SSSR count). The van der Waals surface area contributed by atoms with E-state index in [-0.39, 0.29) is 17.9 Å². The molecule has 0 atom stereocenters. The summed E-state index contributed by atoms with van der Waals surface area (Å²) in [5, 5.41) is 22.8. The molecule has 3 heterocycles. The van der Waals surface area contributed by atoms with Gasteiger partial charge < -0.3 is 5.11 Å². The number of aromatic hydroxyl groups is 1. The summed E-state index contributed by atoms with van der Waals surface area (Å²) < 4.78 is 1.32. The molecule has 29 heavy (non-hydrogen) atoms. The van der Waals surface area contributed by atoms with Crippen LogP contribution in [-0.2, 0) is 6.54 Å². The molecule has 8 nitrogen and oxygen atoms in total. The molecule has 1 aromatic carbocycles. The molecule has 0 aliphatic heterocycles. The fourth-order valence-corrected chi connectivity index (χ4v) is 2.76. The molecule has 0 aliphatic carbocycles. The molecule has 8 heteroatoms. The number of hydrogen-bond acceptors (Lipinski definition) is 7. The van der Waals surface area contributed by atoms with Gasteiger partial charge in [-0.2, -0.15) is 10.4 Å². The first-order valence-electron chi connectivity index (χ1n) is 8.68. The molecular weight excluding hydrogens is 368 g/mol. The van der Waals surface area contributed by atoms with Crippen LogP contribution in [0, 0.1) is 11.3 Å². The van der Waals surface area contributed by atoms with Crippen LogP contribution in [0.3, 0.4) is 0 Å². The molecule has 0 radical (unpaired) electrons. The lowest BCUT2D eigenvalue weighted by Crippen LogP contribution is -2.23. The minimum absolute atomic E-state index is 0.0297. The van der Waals surface area contributed by atoms with Crippen molar-refractivity contribution in [2.24, 2.45) is 0 Å². The summed E-state index contributed by atoms with van der Waals surface area (Å²) in [5.74, 6) is 0.338. The van der Waals surface area contributed by atoms with Gasteiger partial charge in [0, 0.05) is 11.6 Å². The van der Waals surface area contributed by atoms with E-state index in [0.717, 1.165) is 5.56 Å². The van der Waals surface area contributed by atoms with Crippen molar-refractivity contribution >= 4 is 0 Å². The van der Waals surface area contributed by atoms with Gasteiger partial charge in [-0.05, 0) is 30.3 Å². The molecule has 0 amide bonds. The Hall–Kier alpha value is -4.38. The van der Waals surface area contributed by atoms with Gasteiger partial charge in [0.25, 0.3) is 5.56 Å². The standard InChI is InChI=1S/C21H14N6O2/c22-10-14-3-1-4-15(9-14)18-7-8-20(29)27(26-18)13-16-5-2-6-19(25-16)21-23-11-17(28)12-24-21/h1-9,11-12,28H,13H2. The third-order valence-corrected chi connectivity index (χ3v) is 4.14. The maximum atomic E-state index is 12.3. The quantitative estimate of drug-likeness (QED) is 0.576. The summed E-state index contributed by atoms with van der Waals surface area (Å²) in [4.78, 5) is 24.9. The molecule has 3 aromatic heterocycles. The van der Waals surface area contributed by atoms with E-state index in [9.17, 15) is 9.90 Å². The van der Waals surface area contributed by atoms with E-state index in [4.69, 9.17) is 5.26 Å². The maximum absolute atomic E-state index is 12.3. The van der Waals surface area contributed by atoms with Crippen molar-refractivity contribution in [2.45, 2.75) is 6.54 Å². The smallest absolute Gasteiger partial charge is 0.267 e. The van der Waals surface area contributed by atoms with Crippen LogP contribution >= 0.6 is 0 Å². The predicted octanol–water partition coefficient (Wildman–Crippen LogP) is 2.39. The third kappa shape index (κ3) is 3.99. The number of benzene rings is 1. The van der Waals surface area contributed by atoms with Crippen molar-refractivity contribution in [3.8, 4) is 34.6 Å². The predicted molar refractivity (Wildman–Crippen MR) is 105 cm³/mol. The van der Waals surface area contributed by atoms with Crippen LogP contribution in [-0.4, -0.2) is 29.8 Å². The fraction of sp³-hybridized carbons (Fsp3) is 0.0476. The van der Waals surface area contributed by atoms with Gasteiger partial charge in [-0.1, -0.05) is 18.2 Å². The second-order valence-corrected chi connectivity index (χ2v) is 6.19. The number of aromatic nitrogens is 5. The highest BCUT2D eigenvalue weighted by molar-refractivity contribution is 5.60. The average Bonchev–Trinajstić information content (AvgIpc) is 2.76. The van der Waals surface area contributed by atoms with Crippen LogP contribution in [0.2, 0.25) is 0 Å². The first-order valence-corrected chi connectivity index (χ1v) is 8.68. The second-order valence-electron chi connectivity index (χ2n) is 6.19. The summed E-state index contributed by atoms with van der Waals surface area (Å²) in [6.07, 6.45) is 2.59. The van der Waals surface area contributed by atoms with Gasteiger partial charge in [0.2, 0.25) is 0 Å². The molecule has 0 saturated carbocycles. The minimum atomic E-state index is -0.265. The van der Waals surface area contributed by atoms with Crippen LogP contribution in [0.15, 0.2) is 71.8 Å². The summed E-state index contributed by atoms with van der Waals surface area (Å²) in [6, 6.07) is 17.5. The molecule has 0 spiro atoms. The number of rotatable bonds is 4. The Bertz CT molecular complexity index is 1280. The number of pyridine rings is 1. The lowest BCUT2D eigenvalue weighted by Gasteiger charge is -2.08. The number of nitriles is 1. The van der Waals surface area contributed by atoms with Crippen molar-refractivity contribution in [3.05, 3.63) is 88.6 Å². The maximum Gasteiger partial charge on any atom is 0.267 e. The van der Waals surface area contributed by atoms with E-state index in [2.05, 4.69) is 26.1 Å². The van der Waals surface area contributed by atoms with Crippen molar-refractivity contribution < 1.29 is 5.11 Å². The van der Waals surface area contributed by atoms with Crippen molar-refractivity contribution in [1.29, 1.82) is 5.26 Å². The van der Waals surface area contributed by atoms with Gasteiger partial charge >= 0.3 is 0 Å². The van der Waals surface area contributed by atoms with Crippen molar-refractivity contribution in [2.75, 3.05) is 0 Å². The van der Waals surface area contributed by atoms with Crippen molar-refractivity contribution in [3.63, 3.8) is 0 Å². The highest BCUT2D eigenvalue weighted by Crippen LogP contribution is 2.17. The van der Waals surface area contributed by atoms with Crippen molar-refractivity contribution in [1.82, 2.24) is 24.7 Å². The Kier molecular flexibility index (Phi) is 4.78. The normalized spacial score (nSPS) is 10.4. The van der Waals surface area contributed by atoms with Crippen LogP contribution in [0.5, 0.6) is 5.75 Å². The SMILES string of the molecule is N#Cc1cccc(-c2ccc(=O)n(Cc3cccc(-c4ncc(O)cn4)n3)n2)c1. The largest absolute Gasteiger partial charge is 0.505 e. The molecule has 0 aliphatic rings. The van der Waals surface area contributed by atoms with E-state index < -0.39 is 0 Å². The monoisotopic (exact) mass is 382 g/mol. The Labute approximate surface area is 165 Å². The topological polar surface area (TPSA) is 118 Å². The lowest BCUT2D eigenvalue weighted by atomic mass is 10.1. The van der Waals surface area contributed by atoms with Gasteiger partial charge in [-0.15, -0.1) is 0 Å². The van der Waals surface area contributed by atoms with Gasteiger partial charge in [0.15, 0.2) is 11.6 Å². The van der Waals surface area contributed by atoms with Crippen LogP contribution in [0.4, 0.5) is 0 Å². The summed E-state index contributed by atoms with van der Waals surface area (Å²) in [6.45, 7) is 0.163. The highest BCUT2D eigenvalue weighted by Gasteiger charge is 2.08. The third-order valence-electron chi connectivity index (χ3n) is 4.14. The molecule has 0 bridgehead atoms. The Balaban J connectivity index is 1.66. The number of hydrogen-bond donors (Lipinski definition) is 1. The van der Waals surface area contributed by atoms with Crippen LogP contribution in [0.25, 0.3) is 22.8 Å². The summed E-state index contributed by atoms with van der Waals surface area (Å²) >= 11 is 0. The van der Waals surface area contributed by atoms with E-state index in [1.165, 1.54) is 23.1 Å². The zero-order chi connectivity index (χ0) is 20.2. The first-order chi connectivity index (χ1) is 14.1. The minimum Gasteiger partial charge on any atom is -0.505 e. The molecular formula is C21H14N6O2. The average molecular weight is 382 g/mol. The van der Waals surface area contributed by atoms with E-state index in [1.807, 2.05) is 6.07 Å². The molecule has 0 saturated heterocycles. The second kappa shape index (κ2) is 7.70. The highest BCUT2D eigenvalue weighted by atomic mass is 16.3. The Morgan fingerprint density at radius 3 is 2.59 bits per heavy atom. The van der Waals surface area contributed by atoms with Crippen LogP contribution < -0.4 is 5.56 Å². The zero-order valence-electron chi connectivity index (χ0n) is 15.1. The lowest BCUT2D eigenvalue weighted by molar-refractivity contribution is 0.470.